The van der Waals surface area contributed by atoms with Crippen LogP contribution in [0.15, 0.2) is 36.7 Å². The van der Waals surface area contributed by atoms with Crippen LogP contribution in [0.5, 0.6) is 5.75 Å². The number of aromatic nitrogens is 2. The molecule has 2 aromatic heterocycles. The molecule has 0 saturated heterocycles. The highest BCUT2D eigenvalue weighted by Crippen LogP contribution is 2.30. The van der Waals surface area contributed by atoms with Gasteiger partial charge >= 0.3 is 0 Å². The summed E-state index contributed by atoms with van der Waals surface area (Å²) in [5.41, 5.74) is 0.809. The van der Waals surface area contributed by atoms with E-state index in [1.54, 1.807) is 35.9 Å². The maximum Gasteiger partial charge on any atom is 0.142 e. The number of fused-ring (bicyclic) bond motifs is 1. The molecule has 0 unspecified atom stereocenters. The van der Waals surface area contributed by atoms with Gasteiger partial charge in [-0.3, -0.25) is 0 Å². The molecule has 4 nitrogen and oxygen atoms in total. The summed E-state index contributed by atoms with van der Waals surface area (Å²) in [5.74, 6) is 1.00. The molecule has 3 aromatic rings. The largest absolute Gasteiger partial charge is 0.508 e. The van der Waals surface area contributed by atoms with E-state index in [0.717, 1.165) is 28.1 Å². The molecule has 104 valence electrons. The predicted molar refractivity (Wildman–Crippen MR) is 85.4 cm³/mol. The number of aryl methyl sites for hydroxylation is 1. The van der Waals surface area contributed by atoms with Crippen molar-refractivity contribution >= 4 is 45.5 Å². The fraction of sp³-hybridized carbons (Fsp3) is 0.143. The molecule has 0 fully saturated rings. The number of nitrogens with zero attached hydrogens (tertiary/aromatic N) is 2. The first-order valence-corrected chi connectivity index (χ1v) is 6.87. The van der Waals surface area contributed by atoms with Crippen molar-refractivity contribution < 1.29 is 5.11 Å². The topological polar surface area (TPSA) is 58.0 Å². The Hall–Kier alpha value is -1.85. The summed E-state index contributed by atoms with van der Waals surface area (Å²) >= 11 is 1.68. The van der Waals surface area contributed by atoms with Crippen molar-refractivity contribution in [1.82, 2.24) is 9.97 Å². The molecule has 0 aliphatic rings. The van der Waals surface area contributed by atoms with Crippen LogP contribution in [0.3, 0.4) is 0 Å². The molecule has 2 N–H and O–H groups in total. The first kappa shape index (κ1) is 14.6. The van der Waals surface area contributed by atoms with Gasteiger partial charge in [-0.2, -0.15) is 0 Å². The van der Waals surface area contributed by atoms with Crippen LogP contribution in [0.4, 0.5) is 11.5 Å². The first-order valence-electron chi connectivity index (χ1n) is 6.05. The number of anilines is 2. The molecule has 0 spiro atoms. The summed E-state index contributed by atoms with van der Waals surface area (Å²) < 4.78 is 0. The van der Waals surface area contributed by atoms with Crippen molar-refractivity contribution in [3.05, 3.63) is 41.5 Å². The fourth-order valence-electron chi connectivity index (χ4n) is 1.90. The zero-order valence-electron chi connectivity index (χ0n) is 10.8. The number of hydrogen-bond acceptors (Lipinski definition) is 5. The summed E-state index contributed by atoms with van der Waals surface area (Å²) in [6.45, 7) is 2.13. The second-order valence-electron chi connectivity index (χ2n) is 4.18. The van der Waals surface area contributed by atoms with Crippen molar-refractivity contribution in [3.63, 3.8) is 0 Å². The van der Waals surface area contributed by atoms with Gasteiger partial charge in [-0.15, -0.1) is 23.7 Å². The number of benzene rings is 1. The lowest BCUT2D eigenvalue weighted by Gasteiger charge is -2.06. The summed E-state index contributed by atoms with van der Waals surface area (Å²) in [6.07, 6.45) is 2.55. The van der Waals surface area contributed by atoms with Crippen LogP contribution < -0.4 is 5.32 Å². The van der Waals surface area contributed by atoms with E-state index in [4.69, 9.17) is 0 Å². The van der Waals surface area contributed by atoms with Crippen molar-refractivity contribution in [1.29, 1.82) is 0 Å². The minimum atomic E-state index is 0. The average Bonchev–Trinajstić information content (AvgIpc) is 2.83. The molecule has 0 aliphatic heterocycles. The van der Waals surface area contributed by atoms with Gasteiger partial charge in [0.05, 0.1) is 5.39 Å². The van der Waals surface area contributed by atoms with Crippen molar-refractivity contribution in [2.24, 2.45) is 0 Å². The Kier molecular flexibility index (Phi) is 4.42. The van der Waals surface area contributed by atoms with Gasteiger partial charge in [0.1, 0.15) is 22.7 Å². The molecule has 0 aliphatic carbocycles. The first-order chi connectivity index (χ1) is 9.26. The molecule has 2 heterocycles. The molecule has 3 rings (SSSR count). The standard InChI is InChI=1S/C14H13N3OS.ClH/c1-2-11-7-12-13(15-8-16-14(12)19-11)17-9-4-3-5-10(18)6-9;/h3-8,18H,2H2,1H3,(H,15,16,17);1H. The zero-order chi connectivity index (χ0) is 13.2. The van der Waals surface area contributed by atoms with Gasteiger partial charge < -0.3 is 10.4 Å². The number of nitrogens with one attached hydrogen (secondary N) is 1. The van der Waals surface area contributed by atoms with E-state index in [0.29, 0.717) is 0 Å². The molecule has 1 aromatic carbocycles. The van der Waals surface area contributed by atoms with Gasteiger partial charge in [-0.05, 0) is 24.6 Å². The van der Waals surface area contributed by atoms with Crippen LogP contribution in [0.25, 0.3) is 10.2 Å². The average molecular weight is 308 g/mol. The second-order valence-corrected chi connectivity index (χ2v) is 5.30. The van der Waals surface area contributed by atoms with Crippen LogP contribution >= 0.6 is 23.7 Å². The van der Waals surface area contributed by atoms with E-state index in [-0.39, 0.29) is 18.2 Å². The van der Waals surface area contributed by atoms with Crippen LogP contribution in [-0.2, 0) is 6.42 Å². The Morgan fingerprint density at radius 3 is 2.85 bits per heavy atom. The maximum atomic E-state index is 9.48. The van der Waals surface area contributed by atoms with E-state index in [1.807, 2.05) is 6.07 Å². The number of phenolic OH excluding ortho intramolecular Hbond substituents is 1. The third-order valence-electron chi connectivity index (χ3n) is 2.84. The van der Waals surface area contributed by atoms with E-state index >= 15 is 0 Å². The highest BCUT2D eigenvalue weighted by molar-refractivity contribution is 7.18. The van der Waals surface area contributed by atoms with Gasteiger partial charge in [-0.25, -0.2) is 9.97 Å². The van der Waals surface area contributed by atoms with E-state index < -0.39 is 0 Å². The number of halogens is 1. The van der Waals surface area contributed by atoms with Crippen molar-refractivity contribution in [3.8, 4) is 5.75 Å². The second kappa shape index (κ2) is 6.07. The summed E-state index contributed by atoms with van der Waals surface area (Å²) in [6, 6.07) is 9.11. The third kappa shape index (κ3) is 2.84. The lowest BCUT2D eigenvalue weighted by molar-refractivity contribution is 0.475. The van der Waals surface area contributed by atoms with Crippen LogP contribution in [0.1, 0.15) is 11.8 Å². The molecule has 6 heteroatoms. The van der Waals surface area contributed by atoms with E-state index in [2.05, 4.69) is 28.3 Å². The zero-order valence-corrected chi connectivity index (χ0v) is 12.5. The van der Waals surface area contributed by atoms with Crippen molar-refractivity contribution in [2.75, 3.05) is 5.32 Å². The number of rotatable bonds is 3. The lowest BCUT2D eigenvalue weighted by atomic mass is 10.2. The molecule has 0 bridgehead atoms. The smallest absolute Gasteiger partial charge is 0.142 e. The third-order valence-corrected chi connectivity index (χ3v) is 4.03. The van der Waals surface area contributed by atoms with E-state index in [1.165, 1.54) is 4.88 Å². The number of thiophene rings is 1. The SMILES string of the molecule is CCc1cc2c(Nc3cccc(O)c3)ncnc2s1.Cl. The quantitative estimate of drug-likeness (QED) is 0.764. The van der Waals surface area contributed by atoms with Crippen LogP contribution in [0.2, 0.25) is 0 Å². The Morgan fingerprint density at radius 2 is 2.10 bits per heavy atom. The minimum absolute atomic E-state index is 0. The highest BCUT2D eigenvalue weighted by atomic mass is 35.5. The molecule has 0 amide bonds. The number of hydrogen-bond donors (Lipinski definition) is 2. The van der Waals surface area contributed by atoms with E-state index in [9.17, 15) is 5.11 Å². The summed E-state index contributed by atoms with van der Waals surface area (Å²) in [7, 11) is 0. The Morgan fingerprint density at radius 1 is 1.25 bits per heavy atom. The highest BCUT2D eigenvalue weighted by Gasteiger charge is 2.08. The monoisotopic (exact) mass is 307 g/mol. The lowest BCUT2D eigenvalue weighted by Crippen LogP contribution is -1.94. The van der Waals surface area contributed by atoms with Gasteiger partial charge in [0.2, 0.25) is 0 Å². The van der Waals surface area contributed by atoms with Crippen molar-refractivity contribution in [2.45, 2.75) is 13.3 Å². The predicted octanol–water partition coefficient (Wildman–Crippen LogP) is 4.12. The number of aromatic hydroxyl groups is 1. The Balaban J connectivity index is 0.00000147. The number of phenols is 1. The summed E-state index contributed by atoms with van der Waals surface area (Å²) in [4.78, 5) is 10.8. The molecule has 0 saturated carbocycles. The van der Waals surface area contributed by atoms with Crippen LogP contribution in [0, 0.1) is 0 Å². The summed E-state index contributed by atoms with van der Waals surface area (Å²) in [5, 5.41) is 13.7. The molecule has 0 atom stereocenters. The fourth-order valence-corrected chi connectivity index (χ4v) is 2.83. The Labute approximate surface area is 126 Å². The van der Waals surface area contributed by atoms with Gasteiger partial charge in [0.25, 0.3) is 0 Å². The molecular formula is C14H14ClN3OS. The molecular weight excluding hydrogens is 294 g/mol. The van der Waals surface area contributed by atoms with Gasteiger partial charge in [-0.1, -0.05) is 13.0 Å². The normalized spacial score (nSPS) is 10.2. The Bertz CT molecular complexity index is 729. The maximum absolute atomic E-state index is 9.48. The molecule has 0 radical (unpaired) electrons. The van der Waals surface area contributed by atoms with Crippen LogP contribution in [-0.4, -0.2) is 15.1 Å². The minimum Gasteiger partial charge on any atom is -0.508 e. The van der Waals surface area contributed by atoms with Gasteiger partial charge in [0, 0.05) is 16.6 Å². The molecule has 20 heavy (non-hydrogen) atoms. The van der Waals surface area contributed by atoms with Gasteiger partial charge in [0.15, 0.2) is 0 Å².